The zero-order valence-corrected chi connectivity index (χ0v) is 12.4. The van der Waals surface area contributed by atoms with Gasteiger partial charge in [0, 0.05) is 38.2 Å². The molecule has 2 rings (SSSR count). The number of amides is 1. The lowest BCUT2D eigenvalue weighted by Gasteiger charge is -2.08. The summed E-state index contributed by atoms with van der Waals surface area (Å²) in [4.78, 5) is 16.0. The minimum Gasteiger partial charge on any atom is -0.351 e. The third kappa shape index (κ3) is 4.72. The van der Waals surface area contributed by atoms with Crippen LogP contribution in [0.1, 0.15) is 29.4 Å². The standard InChI is InChI=1S/C16H22N4O/c1-2-20-11-4-7-15(20)16(21)19-10-5-9-18-13-14-6-3-8-17-12-14/h3-4,6-8,11-12,18H,2,5,9-10,13H2,1H3,(H,19,21). The first kappa shape index (κ1) is 15.3. The number of nitrogens with zero attached hydrogens (tertiary/aromatic N) is 2. The Bertz CT molecular complexity index is 550. The Morgan fingerprint density at radius 2 is 2.19 bits per heavy atom. The third-order valence-corrected chi connectivity index (χ3v) is 3.27. The maximum Gasteiger partial charge on any atom is 0.267 e. The molecule has 0 aliphatic heterocycles. The van der Waals surface area contributed by atoms with E-state index in [0.29, 0.717) is 6.54 Å². The normalized spacial score (nSPS) is 10.5. The van der Waals surface area contributed by atoms with Gasteiger partial charge in [0.05, 0.1) is 0 Å². The van der Waals surface area contributed by atoms with E-state index in [9.17, 15) is 4.79 Å². The molecule has 112 valence electrons. The molecule has 0 aliphatic rings. The highest BCUT2D eigenvalue weighted by atomic mass is 16.1. The zero-order valence-electron chi connectivity index (χ0n) is 12.4. The van der Waals surface area contributed by atoms with Crippen molar-refractivity contribution in [2.75, 3.05) is 13.1 Å². The maximum atomic E-state index is 12.0. The topological polar surface area (TPSA) is 59.0 Å². The second-order valence-electron chi connectivity index (χ2n) is 4.83. The lowest BCUT2D eigenvalue weighted by atomic mass is 10.3. The van der Waals surface area contributed by atoms with E-state index >= 15 is 0 Å². The van der Waals surface area contributed by atoms with Gasteiger partial charge in [-0.05, 0) is 43.7 Å². The number of rotatable bonds is 8. The maximum absolute atomic E-state index is 12.0. The molecule has 2 aromatic heterocycles. The van der Waals surface area contributed by atoms with Crippen molar-refractivity contribution in [3.63, 3.8) is 0 Å². The average molecular weight is 286 g/mol. The molecular weight excluding hydrogens is 264 g/mol. The van der Waals surface area contributed by atoms with Crippen molar-refractivity contribution < 1.29 is 4.79 Å². The van der Waals surface area contributed by atoms with Crippen LogP contribution in [0.4, 0.5) is 0 Å². The van der Waals surface area contributed by atoms with Gasteiger partial charge in [0.1, 0.15) is 5.69 Å². The van der Waals surface area contributed by atoms with E-state index in [1.165, 1.54) is 5.56 Å². The van der Waals surface area contributed by atoms with Crippen LogP contribution in [0, 0.1) is 0 Å². The molecule has 5 nitrogen and oxygen atoms in total. The van der Waals surface area contributed by atoms with E-state index < -0.39 is 0 Å². The molecule has 0 aromatic carbocycles. The lowest BCUT2D eigenvalue weighted by molar-refractivity contribution is 0.0944. The Morgan fingerprint density at radius 1 is 1.29 bits per heavy atom. The number of aryl methyl sites for hydroxylation is 1. The fourth-order valence-corrected chi connectivity index (χ4v) is 2.14. The van der Waals surface area contributed by atoms with Crippen LogP contribution in [-0.4, -0.2) is 28.5 Å². The second kappa shape index (κ2) is 8.21. The number of carbonyl (C=O) groups is 1. The summed E-state index contributed by atoms with van der Waals surface area (Å²) in [6.45, 7) is 5.18. The molecule has 5 heteroatoms. The van der Waals surface area contributed by atoms with Gasteiger partial charge in [0.2, 0.25) is 0 Å². The van der Waals surface area contributed by atoms with Gasteiger partial charge in [-0.2, -0.15) is 0 Å². The highest BCUT2D eigenvalue weighted by Gasteiger charge is 2.08. The molecule has 1 amide bonds. The van der Waals surface area contributed by atoms with Gasteiger partial charge in [-0.3, -0.25) is 9.78 Å². The molecule has 0 fully saturated rings. The van der Waals surface area contributed by atoms with E-state index in [0.717, 1.165) is 31.7 Å². The molecule has 21 heavy (non-hydrogen) atoms. The van der Waals surface area contributed by atoms with Gasteiger partial charge in [-0.15, -0.1) is 0 Å². The van der Waals surface area contributed by atoms with Crippen molar-refractivity contribution in [3.8, 4) is 0 Å². The first-order chi connectivity index (χ1) is 10.3. The number of hydrogen-bond acceptors (Lipinski definition) is 3. The number of nitrogens with one attached hydrogen (secondary N) is 2. The van der Waals surface area contributed by atoms with Crippen LogP contribution < -0.4 is 10.6 Å². The largest absolute Gasteiger partial charge is 0.351 e. The number of aromatic nitrogens is 2. The van der Waals surface area contributed by atoms with Crippen LogP contribution in [0.5, 0.6) is 0 Å². The predicted molar refractivity (Wildman–Crippen MR) is 83.0 cm³/mol. The Hall–Kier alpha value is -2.14. The first-order valence-electron chi connectivity index (χ1n) is 7.34. The quantitative estimate of drug-likeness (QED) is 0.728. The van der Waals surface area contributed by atoms with E-state index in [2.05, 4.69) is 15.6 Å². The summed E-state index contributed by atoms with van der Waals surface area (Å²) in [5, 5.41) is 6.28. The Morgan fingerprint density at radius 3 is 2.95 bits per heavy atom. The van der Waals surface area contributed by atoms with Crippen LogP contribution in [0.3, 0.4) is 0 Å². The summed E-state index contributed by atoms with van der Waals surface area (Å²) >= 11 is 0. The van der Waals surface area contributed by atoms with E-state index in [1.807, 2.05) is 48.1 Å². The van der Waals surface area contributed by atoms with Gasteiger partial charge in [0.25, 0.3) is 5.91 Å². The van der Waals surface area contributed by atoms with Crippen molar-refractivity contribution in [3.05, 3.63) is 54.1 Å². The molecule has 2 aromatic rings. The summed E-state index contributed by atoms with van der Waals surface area (Å²) in [5.41, 5.74) is 1.89. The molecule has 0 radical (unpaired) electrons. The Balaban J connectivity index is 1.61. The summed E-state index contributed by atoms with van der Waals surface area (Å²) in [6, 6.07) is 7.72. The second-order valence-corrected chi connectivity index (χ2v) is 4.83. The molecule has 0 aliphatic carbocycles. The van der Waals surface area contributed by atoms with Gasteiger partial charge < -0.3 is 15.2 Å². The van der Waals surface area contributed by atoms with Crippen LogP contribution in [0.15, 0.2) is 42.9 Å². The molecule has 0 atom stereocenters. The number of pyridine rings is 1. The van der Waals surface area contributed by atoms with Crippen LogP contribution in [0.2, 0.25) is 0 Å². The van der Waals surface area contributed by atoms with Crippen molar-refractivity contribution in [1.29, 1.82) is 0 Å². The summed E-state index contributed by atoms with van der Waals surface area (Å²) in [6.07, 6.45) is 6.45. The lowest BCUT2D eigenvalue weighted by Crippen LogP contribution is -2.28. The molecule has 2 N–H and O–H groups in total. The average Bonchev–Trinajstić information content (AvgIpc) is 3.00. The summed E-state index contributed by atoms with van der Waals surface area (Å²) < 4.78 is 1.94. The molecule has 0 saturated heterocycles. The fourth-order valence-electron chi connectivity index (χ4n) is 2.14. The SMILES string of the molecule is CCn1cccc1C(=O)NCCCNCc1cccnc1. The third-order valence-electron chi connectivity index (χ3n) is 3.27. The Labute approximate surface area is 125 Å². The van der Waals surface area contributed by atoms with Gasteiger partial charge in [0.15, 0.2) is 0 Å². The zero-order chi connectivity index (χ0) is 14.9. The fraction of sp³-hybridized carbons (Fsp3) is 0.375. The predicted octanol–water partition coefficient (Wildman–Crippen LogP) is 1.81. The molecule has 0 spiro atoms. The van der Waals surface area contributed by atoms with Crippen LogP contribution in [-0.2, 0) is 13.1 Å². The van der Waals surface area contributed by atoms with Gasteiger partial charge >= 0.3 is 0 Å². The number of carbonyl (C=O) groups excluding carboxylic acids is 1. The summed E-state index contributed by atoms with van der Waals surface area (Å²) in [7, 11) is 0. The highest BCUT2D eigenvalue weighted by molar-refractivity contribution is 5.92. The van der Waals surface area contributed by atoms with Crippen LogP contribution >= 0.6 is 0 Å². The molecule has 2 heterocycles. The van der Waals surface area contributed by atoms with Crippen molar-refractivity contribution >= 4 is 5.91 Å². The van der Waals surface area contributed by atoms with E-state index in [-0.39, 0.29) is 5.91 Å². The van der Waals surface area contributed by atoms with Crippen LogP contribution in [0.25, 0.3) is 0 Å². The highest BCUT2D eigenvalue weighted by Crippen LogP contribution is 2.01. The summed E-state index contributed by atoms with van der Waals surface area (Å²) in [5.74, 6) is -0.00545. The molecular formula is C16H22N4O. The van der Waals surface area contributed by atoms with E-state index in [4.69, 9.17) is 0 Å². The minimum absolute atomic E-state index is 0.00545. The number of hydrogen-bond donors (Lipinski definition) is 2. The van der Waals surface area contributed by atoms with Gasteiger partial charge in [-0.25, -0.2) is 0 Å². The molecule has 0 bridgehead atoms. The van der Waals surface area contributed by atoms with Gasteiger partial charge in [-0.1, -0.05) is 6.07 Å². The van der Waals surface area contributed by atoms with Crippen molar-refractivity contribution in [2.24, 2.45) is 0 Å². The van der Waals surface area contributed by atoms with Crippen molar-refractivity contribution in [2.45, 2.75) is 26.4 Å². The monoisotopic (exact) mass is 286 g/mol. The molecule has 0 unspecified atom stereocenters. The minimum atomic E-state index is -0.00545. The van der Waals surface area contributed by atoms with E-state index in [1.54, 1.807) is 6.20 Å². The smallest absolute Gasteiger partial charge is 0.267 e. The first-order valence-corrected chi connectivity index (χ1v) is 7.34. The van der Waals surface area contributed by atoms with Crippen molar-refractivity contribution in [1.82, 2.24) is 20.2 Å². The Kier molecular flexibility index (Phi) is 5.97. The molecule has 0 saturated carbocycles.